The van der Waals surface area contributed by atoms with Gasteiger partial charge >= 0.3 is 0 Å². The fraction of sp³-hybridized carbons (Fsp3) is 0.462. The highest BCUT2D eigenvalue weighted by atomic mass is 16.6. The molecule has 1 aromatic carbocycles. The van der Waals surface area contributed by atoms with Gasteiger partial charge in [0.25, 0.3) is 5.69 Å². The summed E-state index contributed by atoms with van der Waals surface area (Å²) in [6.07, 6.45) is 0.504. The summed E-state index contributed by atoms with van der Waals surface area (Å²) in [5, 5.41) is 13.7. The molecule has 1 unspecified atom stereocenters. The number of anilines is 1. The smallest absolute Gasteiger partial charge is 0.296 e. The molecule has 1 amide bonds. The van der Waals surface area contributed by atoms with Crippen molar-refractivity contribution in [1.29, 1.82) is 0 Å². The Morgan fingerprint density at radius 1 is 1.43 bits per heavy atom. The zero-order chi connectivity index (χ0) is 15.4. The number of nitro benzene ring substituents is 1. The molecule has 8 nitrogen and oxygen atoms in total. The summed E-state index contributed by atoms with van der Waals surface area (Å²) in [4.78, 5) is 22.5. The first kappa shape index (κ1) is 15.0. The van der Waals surface area contributed by atoms with Gasteiger partial charge in [-0.3, -0.25) is 14.9 Å². The standard InChI is InChI=1S/C13H17N3O5/c1-8(2-3-14)13(17)15-9-6-11-12(21-5-4-20-11)7-10(9)16(18)19/h6-8H,2-5,14H2,1H3,(H,15,17). The van der Waals surface area contributed by atoms with Crippen LogP contribution in [-0.4, -0.2) is 30.6 Å². The van der Waals surface area contributed by atoms with E-state index < -0.39 is 4.92 Å². The van der Waals surface area contributed by atoms with Crippen LogP contribution in [0.4, 0.5) is 11.4 Å². The molecule has 1 atom stereocenters. The average molecular weight is 295 g/mol. The van der Waals surface area contributed by atoms with Gasteiger partial charge in [0, 0.05) is 12.0 Å². The zero-order valence-corrected chi connectivity index (χ0v) is 11.6. The van der Waals surface area contributed by atoms with Crippen LogP contribution < -0.4 is 20.5 Å². The van der Waals surface area contributed by atoms with Crippen LogP contribution in [0.25, 0.3) is 0 Å². The summed E-state index contributed by atoms with van der Waals surface area (Å²) in [5.41, 5.74) is 5.27. The number of benzene rings is 1. The maximum atomic E-state index is 12.0. The summed E-state index contributed by atoms with van der Waals surface area (Å²) < 4.78 is 10.7. The minimum absolute atomic E-state index is 0.0955. The van der Waals surface area contributed by atoms with Crippen LogP contribution in [-0.2, 0) is 4.79 Å². The highest BCUT2D eigenvalue weighted by molar-refractivity contribution is 5.95. The van der Waals surface area contributed by atoms with Crippen molar-refractivity contribution in [2.75, 3.05) is 25.1 Å². The maximum absolute atomic E-state index is 12.0. The predicted octanol–water partition coefficient (Wildman–Crippen LogP) is 1.29. The third kappa shape index (κ3) is 3.40. The molecule has 2 rings (SSSR count). The van der Waals surface area contributed by atoms with E-state index in [-0.39, 0.29) is 23.2 Å². The molecular weight excluding hydrogens is 278 g/mol. The van der Waals surface area contributed by atoms with Crippen LogP contribution in [0.2, 0.25) is 0 Å². The van der Waals surface area contributed by atoms with E-state index in [9.17, 15) is 14.9 Å². The summed E-state index contributed by atoms with van der Waals surface area (Å²) >= 11 is 0. The van der Waals surface area contributed by atoms with Crippen molar-refractivity contribution in [3.05, 3.63) is 22.2 Å². The van der Waals surface area contributed by atoms with E-state index >= 15 is 0 Å². The lowest BCUT2D eigenvalue weighted by Crippen LogP contribution is -2.23. The number of rotatable bonds is 5. The summed E-state index contributed by atoms with van der Waals surface area (Å²) in [6, 6.07) is 2.68. The Hall–Kier alpha value is -2.35. The number of carbonyl (C=O) groups is 1. The molecule has 1 aliphatic heterocycles. The predicted molar refractivity (Wildman–Crippen MR) is 75.6 cm³/mol. The number of nitrogens with one attached hydrogen (secondary N) is 1. The minimum atomic E-state index is -0.568. The Labute approximate surface area is 121 Å². The van der Waals surface area contributed by atoms with E-state index in [4.69, 9.17) is 15.2 Å². The van der Waals surface area contributed by atoms with Crippen LogP contribution in [0.15, 0.2) is 12.1 Å². The monoisotopic (exact) mass is 295 g/mol. The van der Waals surface area contributed by atoms with Crippen LogP contribution in [0.1, 0.15) is 13.3 Å². The molecule has 0 spiro atoms. The molecule has 3 N–H and O–H groups in total. The topological polar surface area (TPSA) is 117 Å². The maximum Gasteiger partial charge on any atom is 0.296 e. The molecule has 1 heterocycles. The van der Waals surface area contributed by atoms with Crippen molar-refractivity contribution in [2.45, 2.75) is 13.3 Å². The van der Waals surface area contributed by atoms with Crippen molar-refractivity contribution in [3.63, 3.8) is 0 Å². The number of fused-ring (bicyclic) bond motifs is 1. The third-order valence-electron chi connectivity index (χ3n) is 3.16. The molecule has 1 aromatic rings. The number of nitrogens with two attached hydrogens (primary N) is 1. The minimum Gasteiger partial charge on any atom is -0.486 e. The van der Waals surface area contributed by atoms with Crippen molar-refractivity contribution in [3.8, 4) is 11.5 Å². The van der Waals surface area contributed by atoms with Crippen molar-refractivity contribution >= 4 is 17.3 Å². The van der Waals surface area contributed by atoms with Crippen LogP contribution >= 0.6 is 0 Å². The summed E-state index contributed by atoms with van der Waals surface area (Å²) in [5.74, 6) is 0.0395. The van der Waals surface area contributed by atoms with Gasteiger partial charge in [-0.1, -0.05) is 6.92 Å². The molecule has 21 heavy (non-hydrogen) atoms. The second kappa shape index (κ2) is 6.40. The van der Waals surface area contributed by atoms with E-state index in [0.717, 1.165) is 0 Å². The Bertz CT molecular complexity index is 561. The molecule has 0 aromatic heterocycles. The number of nitro groups is 1. The second-order valence-corrected chi connectivity index (χ2v) is 4.74. The number of hydrogen-bond donors (Lipinski definition) is 2. The van der Waals surface area contributed by atoms with Crippen molar-refractivity contribution in [2.24, 2.45) is 11.7 Å². The number of carbonyl (C=O) groups excluding carboxylic acids is 1. The molecule has 0 radical (unpaired) electrons. The first-order chi connectivity index (χ1) is 10.0. The highest BCUT2D eigenvalue weighted by Gasteiger charge is 2.24. The average Bonchev–Trinajstić information content (AvgIpc) is 2.46. The van der Waals surface area contributed by atoms with Crippen LogP contribution in [0.5, 0.6) is 11.5 Å². The molecule has 0 fully saturated rings. The van der Waals surface area contributed by atoms with E-state index in [2.05, 4.69) is 5.32 Å². The Morgan fingerprint density at radius 2 is 2.05 bits per heavy atom. The molecule has 0 saturated heterocycles. The van der Waals surface area contributed by atoms with E-state index in [1.165, 1.54) is 12.1 Å². The molecular formula is C13H17N3O5. The summed E-state index contributed by atoms with van der Waals surface area (Å²) in [7, 11) is 0. The van der Waals surface area contributed by atoms with Gasteiger partial charge in [0.2, 0.25) is 5.91 Å². The largest absolute Gasteiger partial charge is 0.486 e. The van der Waals surface area contributed by atoms with Gasteiger partial charge in [-0.2, -0.15) is 0 Å². The van der Waals surface area contributed by atoms with Crippen LogP contribution in [0.3, 0.4) is 0 Å². The molecule has 0 saturated carbocycles. The first-order valence-corrected chi connectivity index (χ1v) is 6.62. The van der Waals surface area contributed by atoms with Crippen LogP contribution in [0, 0.1) is 16.0 Å². The Balaban J connectivity index is 2.28. The van der Waals surface area contributed by atoms with Crippen molar-refractivity contribution < 1.29 is 19.2 Å². The van der Waals surface area contributed by atoms with E-state index in [1.54, 1.807) is 6.92 Å². The highest BCUT2D eigenvalue weighted by Crippen LogP contribution is 2.39. The first-order valence-electron chi connectivity index (χ1n) is 6.62. The lowest BCUT2D eigenvalue weighted by Gasteiger charge is -2.19. The molecule has 8 heteroatoms. The Kier molecular flexibility index (Phi) is 4.59. The fourth-order valence-corrected chi connectivity index (χ4v) is 1.97. The van der Waals surface area contributed by atoms with Gasteiger partial charge in [0.15, 0.2) is 11.5 Å². The molecule has 0 bridgehead atoms. The van der Waals surface area contributed by atoms with Crippen molar-refractivity contribution in [1.82, 2.24) is 0 Å². The number of amides is 1. The number of ether oxygens (including phenoxy) is 2. The van der Waals surface area contributed by atoms with Gasteiger partial charge in [-0.05, 0) is 13.0 Å². The zero-order valence-electron chi connectivity index (χ0n) is 11.6. The lowest BCUT2D eigenvalue weighted by atomic mass is 10.1. The normalized spacial score (nSPS) is 14.4. The van der Waals surface area contributed by atoms with E-state index in [1.807, 2.05) is 0 Å². The Morgan fingerprint density at radius 3 is 2.62 bits per heavy atom. The summed E-state index contributed by atoms with van der Waals surface area (Å²) in [6.45, 7) is 2.79. The number of nitrogens with zero attached hydrogens (tertiary/aromatic N) is 1. The van der Waals surface area contributed by atoms with Gasteiger partial charge < -0.3 is 20.5 Å². The second-order valence-electron chi connectivity index (χ2n) is 4.74. The fourth-order valence-electron chi connectivity index (χ4n) is 1.97. The lowest BCUT2D eigenvalue weighted by molar-refractivity contribution is -0.384. The number of hydrogen-bond acceptors (Lipinski definition) is 6. The van der Waals surface area contributed by atoms with Gasteiger partial charge in [-0.15, -0.1) is 0 Å². The SMILES string of the molecule is CC(CCN)C(=O)Nc1cc2c(cc1[N+](=O)[O-])OCCO2. The quantitative estimate of drug-likeness (QED) is 0.624. The molecule has 0 aliphatic carbocycles. The van der Waals surface area contributed by atoms with E-state index in [0.29, 0.717) is 37.7 Å². The van der Waals surface area contributed by atoms with Gasteiger partial charge in [-0.25, -0.2) is 0 Å². The van der Waals surface area contributed by atoms with Gasteiger partial charge in [0.1, 0.15) is 18.9 Å². The van der Waals surface area contributed by atoms with Gasteiger partial charge in [0.05, 0.1) is 11.0 Å². The third-order valence-corrected chi connectivity index (χ3v) is 3.16. The molecule has 1 aliphatic rings. The molecule has 114 valence electrons.